The Labute approximate surface area is 191 Å². The van der Waals surface area contributed by atoms with Gasteiger partial charge in [0.25, 0.3) is 0 Å². The van der Waals surface area contributed by atoms with Crippen molar-refractivity contribution in [2.75, 3.05) is 40.5 Å². The monoisotopic (exact) mass is 515 g/mol. The maximum atomic E-state index is 6.33. The largest absolute Gasteiger partial charge is 0.497 e. The molecule has 1 aromatic carbocycles. The van der Waals surface area contributed by atoms with Crippen LogP contribution in [-0.4, -0.2) is 57.4 Å². The Kier molecular flexibility index (Phi) is 7.90. The van der Waals surface area contributed by atoms with E-state index in [0.29, 0.717) is 18.1 Å². The van der Waals surface area contributed by atoms with Crippen LogP contribution < -0.4 is 14.8 Å². The van der Waals surface area contributed by atoms with Gasteiger partial charge in [0.05, 0.1) is 19.8 Å². The highest BCUT2D eigenvalue weighted by Gasteiger charge is 2.42. The van der Waals surface area contributed by atoms with Crippen LogP contribution in [-0.2, 0) is 11.3 Å². The van der Waals surface area contributed by atoms with Crippen molar-refractivity contribution in [3.05, 3.63) is 23.8 Å². The molecule has 0 radical (unpaired) electrons. The molecule has 4 rings (SSSR count). The highest BCUT2D eigenvalue weighted by atomic mass is 127. The summed E-state index contributed by atoms with van der Waals surface area (Å²) < 4.78 is 17.4. The molecule has 0 amide bonds. The minimum absolute atomic E-state index is 0. The molecule has 6 nitrogen and oxygen atoms in total. The van der Waals surface area contributed by atoms with Crippen LogP contribution >= 0.6 is 24.0 Å². The van der Waals surface area contributed by atoms with Gasteiger partial charge < -0.3 is 24.4 Å². The van der Waals surface area contributed by atoms with Gasteiger partial charge in [-0.3, -0.25) is 4.99 Å². The average Bonchev–Trinajstić information content (AvgIpc) is 3.47. The van der Waals surface area contributed by atoms with Crippen molar-refractivity contribution in [2.45, 2.75) is 51.2 Å². The van der Waals surface area contributed by atoms with Gasteiger partial charge in [-0.2, -0.15) is 0 Å². The molecule has 3 aliphatic rings. The summed E-state index contributed by atoms with van der Waals surface area (Å²) in [5.74, 6) is 2.73. The quantitative estimate of drug-likeness (QED) is 0.367. The summed E-state index contributed by atoms with van der Waals surface area (Å²) in [7, 11) is 3.56. The maximum Gasteiger partial charge on any atom is 0.193 e. The molecule has 3 fully saturated rings. The lowest BCUT2D eigenvalue weighted by Crippen LogP contribution is -2.41. The molecular formula is C22H34IN3O3. The zero-order valence-corrected chi connectivity index (χ0v) is 19.9. The lowest BCUT2D eigenvalue weighted by Gasteiger charge is -2.25. The van der Waals surface area contributed by atoms with E-state index < -0.39 is 0 Å². The van der Waals surface area contributed by atoms with Gasteiger partial charge in [0.1, 0.15) is 11.5 Å². The Bertz CT molecular complexity index is 701. The number of aliphatic imine (C=N–C) groups is 1. The van der Waals surface area contributed by atoms with E-state index in [1.807, 2.05) is 19.2 Å². The fourth-order valence-electron chi connectivity index (χ4n) is 4.70. The van der Waals surface area contributed by atoms with Crippen LogP contribution in [0.3, 0.4) is 0 Å². The number of halogens is 1. The van der Waals surface area contributed by atoms with Gasteiger partial charge in [-0.15, -0.1) is 24.0 Å². The summed E-state index contributed by atoms with van der Waals surface area (Å²) in [5.41, 5.74) is 1.47. The molecule has 162 valence electrons. The highest BCUT2D eigenvalue weighted by molar-refractivity contribution is 14.0. The third kappa shape index (κ3) is 5.29. The fraction of sp³-hybridized carbons (Fsp3) is 0.682. The van der Waals surface area contributed by atoms with Gasteiger partial charge in [-0.1, -0.05) is 0 Å². The van der Waals surface area contributed by atoms with Gasteiger partial charge >= 0.3 is 0 Å². The van der Waals surface area contributed by atoms with E-state index in [9.17, 15) is 0 Å². The van der Waals surface area contributed by atoms with Gasteiger partial charge in [0.15, 0.2) is 5.96 Å². The van der Waals surface area contributed by atoms with Crippen molar-refractivity contribution in [3.8, 4) is 11.5 Å². The summed E-state index contributed by atoms with van der Waals surface area (Å²) in [6, 6.07) is 6.11. The van der Waals surface area contributed by atoms with Crippen LogP contribution in [0.25, 0.3) is 0 Å². The van der Waals surface area contributed by atoms with Crippen molar-refractivity contribution >= 4 is 29.9 Å². The Balaban J connectivity index is 0.00000240. The molecule has 2 heterocycles. The van der Waals surface area contributed by atoms with E-state index in [0.717, 1.165) is 62.2 Å². The highest BCUT2D eigenvalue weighted by Crippen LogP contribution is 2.38. The van der Waals surface area contributed by atoms with Crippen LogP contribution in [0.1, 0.15) is 44.1 Å². The van der Waals surface area contributed by atoms with Crippen molar-refractivity contribution in [1.29, 1.82) is 0 Å². The zero-order valence-electron chi connectivity index (χ0n) is 17.6. The number of rotatable bonds is 5. The molecule has 0 aromatic heterocycles. The second-order valence-electron chi connectivity index (χ2n) is 8.37. The number of nitrogens with zero attached hydrogens (tertiary/aromatic N) is 2. The number of methoxy groups -OCH3 is 1. The second kappa shape index (κ2) is 10.2. The first-order chi connectivity index (χ1) is 13.7. The topological polar surface area (TPSA) is 55.3 Å². The summed E-state index contributed by atoms with van der Waals surface area (Å²) in [6.07, 6.45) is 7.48. The van der Waals surface area contributed by atoms with Crippen molar-refractivity contribution in [3.63, 3.8) is 0 Å². The first kappa shape index (κ1) is 22.5. The van der Waals surface area contributed by atoms with Crippen molar-refractivity contribution in [1.82, 2.24) is 10.2 Å². The molecular weight excluding hydrogens is 481 g/mol. The van der Waals surface area contributed by atoms with Crippen LogP contribution in [0, 0.1) is 5.41 Å². The molecule has 7 heteroatoms. The molecule has 1 saturated carbocycles. The second-order valence-corrected chi connectivity index (χ2v) is 8.37. The van der Waals surface area contributed by atoms with Gasteiger partial charge in [-0.25, -0.2) is 0 Å². The van der Waals surface area contributed by atoms with E-state index >= 15 is 0 Å². The molecule has 1 atom stereocenters. The van der Waals surface area contributed by atoms with E-state index in [-0.39, 0.29) is 24.0 Å². The van der Waals surface area contributed by atoms with E-state index in [1.54, 1.807) is 7.11 Å². The number of ether oxygens (including phenoxy) is 3. The molecule has 1 spiro atoms. The van der Waals surface area contributed by atoms with Gasteiger partial charge in [0.2, 0.25) is 0 Å². The normalized spacial score (nSPS) is 24.8. The number of likely N-dealkylation sites (tertiary alicyclic amines) is 1. The molecule has 1 N–H and O–H groups in total. The first-order valence-corrected chi connectivity index (χ1v) is 10.6. The molecule has 2 saturated heterocycles. The van der Waals surface area contributed by atoms with Gasteiger partial charge in [-0.05, 0) is 50.7 Å². The lowest BCUT2D eigenvalue weighted by atomic mass is 9.87. The SMILES string of the molecule is CN=C(NCc1ccc(OC)cc1OC1CCCC1)N1CCC2(CCOC2)C1.I. The molecule has 1 aliphatic carbocycles. The standard InChI is InChI=1S/C22H33N3O3.HI/c1-23-21(25-11-9-22(15-25)10-12-27-16-22)24-14-17-7-8-19(26-2)13-20(17)28-18-5-3-4-6-18;/h7-8,13,18H,3-6,9-12,14-16H2,1-2H3,(H,23,24);1H. The first-order valence-electron chi connectivity index (χ1n) is 10.6. The third-order valence-electron chi connectivity index (χ3n) is 6.44. The summed E-state index contributed by atoms with van der Waals surface area (Å²) in [4.78, 5) is 6.90. The predicted molar refractivity (Wildman–Crippen MR) is 126 cm³/mol. The Morgan fingerprint density at radius 3 is 2.83 bits per heavy atom. The molecule has 1 aromatic rings. The van der Waals surface area contributed by atoms with Crippen LogP contribution in [0.15, 0.2) is 23.2 Å². The summed E-state index contributed by atoms with van der Waals surface area (Å²) >= 11 is 0. The molecule has 29 heavy (non-hydrogen) atoms. The smallest absolute Gasteiger partial charge is 0.193 e. The maximum absolute atomic E-state index is 6.33. The summed E-state index contributed by atoms with van der Waals surface area (Å²) in [6.45, 7) is 4.54. The Morgan fingerprint density at radius 2 is 2.14 bits per heavy atom. The third-order valence-corrected chi connectivity index (χ3v) is 6.44. The van der Waals surface area contributed by atoms with Crippen molar-refractivity contribution in [2.24, 2.45) is 10.4 Å². The van der Waals surface area contributed by atoms with E-state index in [1.165, 1.54) is 25.7 Å². The minimum atomic E-state index is 0. The van der Waals surface area contributed by atoms with E-state index in [4.69, 9.17) is 14.2 Å². The lowest BCUT2D eigenvalue weighted by molar-refractivity contribution is 0.156. The molecule has 0 bridgehead atoms. The minimum Gasteiger partial charge on any atom is -0.497 e. The average molecular weight is 515 g/mol. The zero-order chi connectivity index (χ0) is 19.4. The number of hydrogen-bond donors (Lipinski definition) is 1. The Morgan fingerprint density at radius 1 is 1.31 bits per heavy atom. The van der Waals surface area contributed by atoms with E-state index in [2.05, 4.69) is 21.3 Å². The Hall–Kier alpha value is -1.22. The number of nitrogens with one attached hydrogen (secondary N) is 1. The number of guanidine groups is 1. The van der Waals surface area contributed by atoms with Crippen LogP contribution in [0.5, 0.6) is 11.5 Å². The fourth-order valence-corrected chi connectivity index (χ4v) is 4.70. The molecule has 2 aliphatic heterocycles. The number of benzene rings is 1. The predicted octanol–water partition coefficient (Wildman–Crippen LogP) is 3.82. The molecule has 1 unspecified atom stereocenters. The van der Waals surface area contributed by atoms with Crippen molar-refractivity contribution < 1.29 is 14.2 Å². The van der Waals surface area contributed by atoms with Crippen LogP contribution in [0.2, 0.25) is 0 Å². The van der Waals surface area contributed by atoms with Crippen LogP contribution in [0.4, 0.5) is 0 Å². The van der Waals surface area contributed by atoms with Gasteiger partial charge in [0, 0.05) is 50.3 Å². The summed E-state index contributed by atoms with van der Waals surface area (Å²) in [5, 5.41) is 3.55. The number of hydrogen-bond acceptors (Lipinski definition) is 4.